The number of rotatable bonds is 4. The van der Waals surface area contributed by atoms with Crippen LogP contribution in [0.5, 0.6) is 0 Å². The van der Waals surface area contributed by atoms with Gasteiger partial charge in [0.25, 0.3) is 10.0 Å². The fraction of sp³-hybridized carbons (Fsp3) is 0. The number of primary amides is 1. The van der Waals surface area contributed by atoms with Gasteiger partial charge in [0.15, 0.2) is 0 Å². The summed E-state index contributed by atoms with van der Waals surface area (Å²) in [7, 11) is -3.84. The molecule has 0 fully saturated rings. The van der Waals surface area contributed by atoms with E-state index in [2.05, 4.69) is 9.71 Å². The molecule has 1 heterocycles. The number of halogens is 1. The number of hydrogen-bond acceptors (Lipinski definition) is 4. The van der Waals surface area contributed by atoms with E-state index in [1.807, 2.05) is 0 Å². The van der Waals surface area contributed by atoms with Crippen molar-refractivity contribution in [3.05, 3.63) is 53.3 Å². The highest BCUT2D eigenvalue weighted by Gasteiger charge is 2.18. The normalized spacial score (nSPS) is 11.1. The molecule has 2 rings (SSSR count). The number of sulfonamides is 1. The van der Waals surface area contributed by atoms with Gasteiger partial charge in [0.2, 0.25) is 5.91 Å². The molecular formula is C12H10ClN3O3S. The van der Waals surface area contributed by atoms with Gasteiger partial charge in [-0.3, -0.25) is 9.52 Å². The Morgan fingerprint density at radius 2 is 1.85 bits per heavy atom. The number of anilines is 1. The van der Waals surface area contributed by atoms with Gasteiger partial charge in [-0.1, -0.05) is 11.6 Å². The van der Waals surface area contributed by atoms with Crippen molar-refractivity contribution in [3.63, 3.8) is 0 Å². The van der Waals surface area contributed by atoms with Crippen LogP contribution in [0.4, 0.5) is 5.69 Å². The van der Waals surface area contributed by atoms with Crippen molar-refractivity contribution in [1.82, 2.24) is 4.98 Å². The predicted molar refractivity (Wildman–Crippen MR) is 75.0 cm³/mol. The number of hydrogen-bond donors (Lipinski definition) is 2. The van der Waals surface area contributed by atoms with Crippen LogP contribution in [0.2, 0.25) is 5.15 Å². The van der Waals surface area contributed by atoms with Crippen LogP contribution in [0.1, 0.15) is 10.4 Å². The third-order valence-electron chi connectivity index (χ3n) is 2.44. The molecule has 20 heavy (non-hydrogen) atoms. The molecule has 1 amide bonds. The average molecular weight is 312 g/mol. The Labute approximate surface area is 120 Å². The summed E-state index contributed by atoms with van der Waals surface area (Å²) in [5.41, 5.74) is 5.67. The Morgan fingerprint density at radius 1 is 1.20 bits per heavy atom. The summed E-state index contributed by atoms with van der Waals surface area (Å²) < 4.78 is 26.6. The van der Waals surface area contributed by atoms with Gasteiger partial charge in [-0.05, 0) is 36.4 Å². The lowest BCUT2D eigenvalue weighted by Crippen LogP contribution is -2.14. The molecule has 3 N–H and O–H groups in total. The molecule has 1 aromatic carbocycles. The average Bonchev–Trinajstić information content (AvgIpc) is 2.39. The van der Waals surface area contributed by atoms with Crippen LogP contribution in [-0.2, 0) is 10.0 Å². The molecule has 0 spiro atoms. The van der Waals surface area contributed by atoms with Crippen molar-refractivity contribution in [1.29, 1.82) is 0 Å². The number of nitrogens with two attached hydrogens (primary N) is 1. The Hall–Kier alpha value is -2.12. The van der Waals surface area contributed by atoms with E-state index in [1.54, 1.807) is 0 Å². The van der Waals surface area contributed by atoms with Crippen LogP contribution in [-0.4, -0.2) is 19.3 Å². The van der Waals surface area contributed by atoms with Gasteiger partial charge >= 0.3 is 0 Å². The first kappa shape index (κ1) is 14.3. The summed E-state index contributed by atoms with van der Waals surface area (Å²) >= 11 is 5.75. The Balaban J connectivity index is 2.29. The first-order valence-corrected chi connectivity index (χ1v) is 7.29. The summed E-state index contributed by atoms with van der Waals surface area (Å²) in [5.74, 6) is -0.588. The van der Waals surface area contributed by atoms with Gasteiger partial charge < -0.3 is 5.73 Å². The zero-order valence-corrected chi connectivity index (χ0v) is 11.6. The zero-order chi connectivity index (χ0) is 14.8. The van der Waals surface area contributed by atoms with E-state index in [9.17, 15) is 13.2 Å². The molecule has 1 aromatic heterocycles. The highest BCUT2D eigenvalue weighted by molar-refractivity contribution is 7.92. The maximum absolute atomic E-state index is 12.1. The lowest BCUT2D eigenvalue weighted by atomic mass is 10.2. The number of benzene rings is 1. The van der Waals surface area contributed by atoms with Crippen molar-refractivity contribution in [3.8, 4) is 0 Å². The van der Waals surface area contributed by atoms with E-state index in [-0.39, 0.29) is 21.3 Å². The van der Waals surface area contributed by atoms with Gasteiger partial charge in [-0.2, -0.15) is 0 Å². The van der Waals surface area contributed by atoms with E-state index in [4.69, 9.17) is 17.3 Å². The standard InChI is InChI=1S/C12H10ClN3O3S/c13-11-10(2-1-7-15-11)20(18,19)16-9-5-3-8(4-6-9)12(14)17/h1-7,16H,(H2,14,17). The number of carbonyl (C=O) groups is 1. The van der Waals surface area contributed by atoms with Crippen molar-refractivity contribution in [2.45, 2.75) is 4.90 Å². The van der Waals surface area contributed by atoms with Crippen molar-refractivity contribution in [2.24, 2.45) is 5.73 Å². The highest BCUT2D eigenvalue weighted by Crippen LogP contribution is 2.21. The molecule has 0 unspecified atom stereocenters. The second kappa shape index (κ2) is 5.48. The lowest BCUT2D eigenvalue weighted by Gasteiger charge is -2.09. The molecule has 2 aromatic rings. The SMILES string of the molecule is NC(=O)c1ccc(NS(=O)(=O)c2cccnc2Cl)cc1. The van der Waals surface area contributed by atoms with E-state index in [0.29, 0.717) is 0 Å². The van der Waals surface area contributed by atoms with E-state index in [1.165, 1.54) is 42.6 Å². The second-order valence-corrected chi connectivity index (χ2v) is 5.85. The van der Waals surface area contributed by atoms with Crippen LogP contribution in [0.15, 0.2) is 47.5 Å². The minimum atomic E-state index is -3.84. The number of nitrogens with one attached hydrogen (secondary N) is 1. The fourth-order valence-electron chi connectivity index (χ4n) is 1.48. The highest BCUT2D eigenvalue weighted by atomic mass is 35.5. The Kier molecular flexibility index (Phi) is 3.91. The largest absolute Gasteiger partial charge is 0.366 e. The van der Waals surface area contributed by atoms with Crippen molar-refractivity contribution >= 4 is 33.2 Å². The number of carbonyl (C=O) groups excluding carboxylic acids is 1. The molecule has 0 saturated heterocycles. The van der Waals surface area contributed by atoms with Crippen LogP contribution in [0.25, 0.3) is 0 Å². The maximum atomic E-state index is 12.1. The van der Waals surface area contributed by atoms with E-state index < -0.39 is 15.9 Å². The Morgan fingerprint density at radius 3 is 2.40 bits per heavy atom. The molecule has 0 bridgehead atoms. The molecule has 0 atom stereocenters. The van der Waals surface area contributed by atoms with Gasteiger partial charge in [0, 0.05) is 17.4 Å². The van der Waals surface area contributed by atoms with Crippen LogP contribution in [0.3, 0.4) is 0 Å². The number of amides is 1. The molecule has 0 aliphatic carbocycles. The van der Waals surface area contributed by atoms with Gasteiger partial charge in [-0.25, -0.2) is 13.4 Å². The topological polar surface area (TPSA) is 102 Å². The minimum Gasteiger partial charge on any atom is -0.366 e. The molecule has 0 saturated carbocycles. The second-order valence-electron chi connectivity index (χ2n) is 3.84. The number of pyridine rings is 1. The van der Waals surface area contributed by atoms with Crippen LogP contribution < -0.4 is 10.5 Å². The molecule has 104 valence electrons. The molecule has 0 aliphatic rings. The quantitative estimate of drug-likeness (QED) is 0.838. The number of aromatic nitrogens is 1. The van der Waals surface area contributed by atoms with Gasteiger partial charge in [0.1, 0.15) is 10.0 Å². The lowest BCUT2D eigenvalue weighted by molar-refractivity contribution is 0.100. The monoisotopic (exact) mass is 311 g/mol. The minimum absolute atomic E-state index is 0.117. The summed E-state index contributed by atoms with van der Waals surface area (Å²) in [4.78, 5) is 14.5. The van der Waals surface area contributed by atoms with Gasteiger partial charge in [0.05, 0.1) is 0 Å². The number of nitrogens with zero attached hydrogens (tertiary/aromatic N) is 1. The summed E-state index contributed by atoms with van der Waals surface area (Å²) in [6, 6.07) is 8.52. The van der Waals surface area contributed by atoms with E-state index in [0.717, 1.165) is 0 Å². The van der Waals surface area contributed by atoms with Crippen LogP contribution in [0, 0.1) is 0 Å². The molecule has 0 radical (unpaired) electrons. The first-order chi connectivity index (χ1) is 9.40. The fourth-order valence-corrected chi connectivity index (χ4v) is 3.00. The smallest absolute Gasteiger partial charge is 0.264 e. The van der Waals surface area contributed by atoms with Gasteiger partial charge in [-0.15, -0.1) is 0 Å². The third kappa shape index (κ3) is 3.06. The summed E-state index contributed by atoms with van der Waals surface area (Å²) in [6.45, 7) is 0. The molecule has 8 heteroatoms. The molecule has 0 aliphatic heterocycles. The van der Waals surface area contributed by atoms with E-state index >= 15 is 0 Å². The van der Waals surface area contributed by atoms with Crippen molar-refractivity contribution < 1.29 is 13.2 Å². The zero-order valence-electron chi connectivity index (χ0n) is 10.1. The third-order valence-corrected chi connectivity index (χ3v) is 4.26. The maximum Gasteiger partial charge on any atom is 0.264 e. The molecular weight excluding hydrogens is 302 g/mol. The summed E-state index contributed by atoms with van der Waals surface area (Å²) in [6.07, 6.45) is 1.39. The summed E-state index contributed by atoms with van der Waals surface area (Å²) in [5, 5.41) is -0.117. The van der Waals surface area contributed by atoms with Crippen molar-refractivity contribution in [2.75, 3.05) is 4.72 Å². The van der Waals surface area contributed by atoms with Crippen LogP contribution >= 0.6 is 11.6 Å². The first-order valence-electron chi connectivity index (χ1n) is 5.43. The predicted octanol–water partition coefficient (Wildman–Crippen LogP) is 1.63. The molecule has 6 nitrogen and oxygen atoms in total. The Bertz CT molecular complexity index is 745.